The molecule has 1 aliphatic rings. The van der Waals surface area contributed by atoms with Crippen molar-refractivity contribution >= 4 is 23.9 Å². The number of nitrogens with zero attached hydrogens (tertiary/aromatic N) is 4. The van der Waals surface area contributed by atoms with Gasteiger partial charge in [-0.05, 0) is 53.0 Å². The van der Waals surface area contributed by atoms with Gasteiger partial charge in [0.2, 0.25) is 5.91 Å². The van der Waals surface area contributed by atoms with Crippen LogP contribution in [0.4, 0.5) is 4.79 Å². The lowest BCUT2D eigenvalue weighted by Gasteiger charge is -2.36. The third-order valence-corrected chi connectivity index (χ3v) is 6.41. The van der Waals surface area contributed by atoms with Crippen molar-refractivity contribution in [2.45, 2.75) is 65.0 Å². The van der Waals surface area contributed by atoms with Gasteiger partial charge in [0, 0.05) is 50.5 Å². The number of aliphatic hydroxyl groups is 1. The van der Waals surface area contributed by atoms with Gasteiger partial charge in [0.05, 0.1) is 6.61 Å². The van der Waals surface area contributed by atoms with Crippen LogP contribution in [0.2, 0.25) is 0 Å². The minimum Gasteiger partial charge on any atom is -0.460 e. The summed E-state index contributed by atoms with van der Waals surface area (Å²) in [6.45, 7) is 8.32. The number of nitrogens with one attached hydrogen (secondary N) is 1. The number of ether oxygens (including phenoxy) is 2. The fourth-order valence-corrected chi connectivity index (χ4v) is 4.41. The van der Waals surface area contributed by atoms with Crippen LogP contribution in [-0.4, -0.2) is 99.8 Å². The van der Waals surface area contributed by atoms with Crippen molar-refractivity contribution in [1.29, 1.82) is 0 Å². The molecule has 0 unspecified atom stereocenters. The maximum Gasteiger partial charge on any atom is 0.409 e. The molecule has 3 amide bonds. The van der Waals surface area contributed by atoms with E-state index >= 15 is 0 Å². The third kappa shape index (κ3) is 9.79. The summed E-state index contributed by atoms with van der Waals surface area (Å²) in [6, 6.07) is 9.71. The van der Waals surface area contributed by atoms with Crippen LogP contribution in [0.15, 0.2) is 36.4 Å². The van der Waals surface area contributed by atoms with E-state index in [0.717, 1.165) is 5.56 Å². The van der Waals surface area contributed by atoms with E-state index in [2.05, 4.69) is 15.3 Å². The number of aryl methyl sites for hydroxylation is 1. The average Bonchev–Trinajstić information content (AvgIpc) is 2.97. The number of piperazine rings is 1. The molecule has 12 nitrogen and oxygen atoms in total. The highest BCUT2D eigenvalue weighted by atomic mass is 16.6. The van der Waals surface area contributed by atoms with Crippen LogP contribution in [0.5, 0.6) is 0 Å². The van der Waals surface area contributed by atoms with Gasteiger partial charge in [0.25, 0.3) is 5.91 Å². The maximum atomic E-state index is 13.6. The molecule has 0 bridgehead atoms. The van der Waals surface area contributed by atoms with Crippen molar-refractivity contribution < 1.29 is 33.8 Å². The highest BCUT2D eigenvalue weighted by molar-refractivity contribution is 5.96. The first-order valence-electron chi connectivity index (χ1n) is 14.3. The highest BCUT2D eigenvalue weighted by Gasteiger charge is 2.32. The fourth-order valence-electron chi connectivity index (χ4n) is 4.41. The fraction of sp³-hybridized carbons (Fsp3) is 0.533. The second-order valence-electron chi connectivity index (χ2n) is 10.9. The molecule has 0 aliphatic carbocycles. The van der Waals surface area contributed by atoms with Crippen molar-refractivity contribution in [1.82, 2.24) is 25.1 Å². The number of aromatic nitrogens is 2. The largest absolute Gasteiger partial charge is 0.460 e. The monoisotopic (exact) mass is 583 g/mol. The Labute approximate surface area is 246 Å². The minimum absolute atomic E-state index is 0.0194. The number of amides is 3. The van der Waals surface area contributed by atoms with E-state index in [-0.39, 0.29) is 63.8 Å². The van der Waals surface area contributed by atoms with E-state index in [1.165, 1.54) is 4.90 Å². The summed E-state index contributed by atoms with van der Waals surface area (Å²) in [6.07, 6.45) is 0.393. The highest BCUT2D eigenvalue weighted by Crippen LogP contribution is 2.18. The lowest BCUT2D eigenvalue weighted by molar-refractivity contribution is -0.155. The first-order chi connectivity index (χ1) is 20.0. The molecule has 3 rings (SSSR count). The Morgan fingerprint density at radius 3 is 2.31 bits per heavy atom. The van der Waals surface area contributed by atoms with Crippen LogP contribution in [-0.2, 0) is 25.5 Å². The maximum absolute atomic E-state index is 13.6. The van der Waals surface area contributed by atoms with Gasteiger partial charge in [0.1, 0.15) is 17.3 Å². The zero-order chi connectivity index (χ0) is 30.7. The van der Waals surface area contributed by atoms with E-state index in [4.69, 9.17) is 9.47 Å². The Morgan fingerprint density at radius 1 is 1.02 bits per heavy atom. The third-order valence-electron chi connectivity index (χ3n) is 6.41. The van der Waals surface area contributed by atoms with Gasteiger partial charge < -0.3 is 29.7 Å². The standard InChI is InChI=1S/C30H41N5O7/c1-5-41-29(40)35-17-15-34(16-18-35)28(39)23(13-14-25(37)42-30(2,3)4)33-27(38)24-20-22(12-9-19-36)31-26(32-24)21-10-7-6-8-11-21/h6-8,10-11,20,23,36H,5,9,12-19H2,1-4H3,(H,33,38)/t23-/m0/s1. The zero-order valence-electron chi connectivity index (χ0n) is 24.8. The van der Waals surface area contributed by atoms with Crippen molar-refractivity contribution in [3.05, 3.63) is 47.8 Å². The summed E-state index contributed by atoms with van der Waals surface area (Å²) >= 11 is 0. The summed E-state index contributed by atoms with van der Waals surface area (Å²) in [5.41, 5.74) is 0.673. The van der Waals surface area contributed by atoms with Gasteiger partial charge in [-0.2, -0.15) is 0 Å². The molecule has 2 heterocycles. The smallest absolute Gasteiger partial charge is 0.409 e. The predicted molar refractivity (Wildman–Crippen MR) is 154 cm³/mol. The molecule has 1 fully saturated rings. The zero-order valence-corrected chi connectivity index (χ0v) is 24.8. The molecule has 2 aromatic rings. The second-order valence-corrected chi connectivity index (χ2v) is 10.9. The second kappa shape index (κ2) is 15.2. The average molecular weight is 584 g/mol. The normalized spacial score (nSPS) is 14.2. The van der Waals surface area contributed by atoms with Crippen LogP contribution >= 0.6 is 0 Å². The topological polar surface area (TPSA) is 151 Å². The van der Waals surface area contributed by atoms with Crippen LogP contribution in [0.1, 0.15) is 63.1 Å². The molecule has 0 saturated carbocycles. The number of benzene rings is 1. The molecule has 1 aromatic heterocycles. The van der Waals surface area contributed by atoms with Gasteiger partial charge in [0.15, 0.2) is 5.82 Å². The summed E-state index contributed by atoms with van der Waals surface area (Å²) in [5.74, 6) is -1.09. The Kier molecular flexibility index (Phi) is 11.8. The Balaban J connectivity index is 1.81. The van der Waals surface area contributed by atoms with Gasteiger partial charge >= 0.3 is 12.1 Å². The molecule has 42 heavy (non-hydrogen) atoms. The molecule has 1 saturated heterocycles. The van der Waals surface area contributed by atoms with Gasteiger partial charge in [-0.1, -0.05) is 30.3 Å². The van der Waals surface area contributed by atoms with Gasteiger partial charge in [-0.3, -0.25) is 14.4 Å². The number of aliphatic hydroxyl groups excluding tert-OH is 1. The summed E-state index contributed by atoms with van der Waals surface area (Å²) in [7, 11) is 0. The van der Waals surface area contributed by atoms with Crippen molar-refractivity contribution in [3.63, 3.8) is 0 Å². The van der Waals surface area contributed by atoms with Crippen molar-refractivity contribution in [3.8, 4) is 11.4 Å². The van der Waals surface area contributed by atoms with E-state index in [1.54, 1.807) is 38.7 Å². The number of rotatable bonds is 11. The first-order valence-corrected chi connectivity index (χ1v) is 14.3. The SMILES string of the molecule is CCOC(=O)N1CCN(C(=O)[C@H](CCC(=O)OC(C)(C)C)NC(=O)c2cc(CCCO)nc(-c3ccccc3)n2)CC1. The van der Waals surface area contributed by atoms with Gasteiger partial charge in [-0.15, -0.1) is 0 Å². The summed E-state index contributed by atoms with van der Waals surface area (Å²) in [5, 5.41) is 12.1. The Bertz CT molecular complexity index is 1220. The van der Waals surface area contributed by atoms with Crippen LogP contribution in [0.3, 0.4) is 0 Å². The molecule has 2 N–H and O–H groups in total. The summed E-state index contributed by atoms with van der Waals surface area (Å²) < 4.78 is 10.5. The number of hydrogen-bond acceptors (Lipinski definition) is 9. The van der Waals surface area contributed by atoms with E-state index in [0.29, 0.717) is 24.4 Å². The number of carbonyl (C=O) groups excluding carboxylic acids is 4. The predicted octanol–water partition coefficient (Wildman–Crippen LogP) is 2.59. The lowest BCUT2D eigenvalue weighted by atomic mass is 10.1. The quantitative estimate of drug-likeness (QED) is 0.380. The van der Waals surface area contributed by atoms with Crippen molar-refractivity contribution in [2.24, 2.45) is 0 Å². The van der Waals surface area contributed by atoms with E-state index in [9.17, 15) is 24.3 Å². The van der Waals surface area contributed by atoms with Crippen molar-refractivity contribution in [2.75, 3.05) is 39.4 Å². The van der Waals surface area contributed by atoms with Crippen LogP contribution in [0.25, 0.3) is 11.4 Å². The molecule has 228 valence electrons. The Hall–Kier alpha value is -4.06. The molecule has 0 radical (unpaired) electrons. The number of carbonyl (C=O) groups is 4. The summed E-state index contributed by atoms with van der Waals surface area (Å²) in [4.78, 5) is 63.9. The van der Waals surface area contributed by atoms with E-state index < -0.39 is 29.6 Å². The molecule has 1 aromatic carbocycles. The van der Waals surface area contributed by atoms with Crippen LogP contribution in [0, 0.1) is 0 Å². The first kappa shape index (κ1) is 32.5. The number of esters is 1. The molecule has 0 spiro atoms. The minimum atomic E-state index is -1.03. The molecular formula is C30H41N5O7. The Morgan fingerprint density at radius 2 is 1.69 bits per heavy atom. The lowest BCUT2D eigenvalue weighted by Crippen LogP contribution is -2.56. The number of hydrogen-bond donors (Lipinski definition) is 2. The molecular weight excluding hydrogens is 542 g/mol. The van der Waals surface area contributed by atoms with E-state index in [1.807, 2.05) is 30.3 Å². The molecule has 1 atom stereocenters. The van der Waals surface area contributed by atoms with Gasteiger partial charge in [-0.25, -0.2) is 14.8 Å². The van der Waals surface area contributed by atoms with Crippen LogP contribution < -0.4 is 5.32 Å². The molecule has 12 heteroatoms. The molecule has 1 aliphatic heterocycles.